The standard InChI is InChI=1S/C15H27N5O/c1-9-5-6-10(7-12(9)21)18-13-11(16)8-17-14(19-13)20-15(2,3)4/h8-10,12,21H,5-7,16H2,1-4H3,(H2,17,18,19,20)/t9-,10-,12-/m1/s1. The number of rotatable bonds is 3. The first-order valence-corrected chi connectivity index (χ1v) is 7.60. The van der Waals surface area contributed by atoms with E-state index in [0.29, 0.717) is 23.4 Å². The van der Waals surface area contributed by atoms with E-state index >= 15 is 0 Å². The summed E-state index contributed by atoms with van der Waals surface area (Å²) in [5.74, 6) is 1.57. The summed E-state index contributed by atoms with van der Waals surface area (Å²) in [5.41, 5.74) is 6.38. The largest absolute Gasteiger partial charge is 0.394 e. The lowest BCUT2D eigenvalue weighted by molar-refractivity contribution is 0.0739. The van der Waals surface area contributed by atoms with Crippen molar-refractivity contribution in [3.05, 3.63) is 6.20 Å². The fraction of sp³-hybridized carbons (Fsp3) is 0.733. The molecule has 6 nitrogen and oxygen atoms in total. The molecule has 0 aliphatic heterocycles. The normalized spacial score (nSPS) is 26.4. The molecule has 118 valence electrons. The smallest absolute Gasteiger partial charge is 0.225 e. The average molecular weight is 293 g/mol. The van der Waals surface area contributed by atoms with E-state index < -0.39 is 0 Å². The van der Waals surface area contributed by atoms with Crippen LogP contribution in [0.25, 0.3) is 0 Å². The summed E-state index contributed by atoms with van der Waals surface area (Å²) in [7, 11) is 0. The number of hydrogen-bond donors (Lipinski definition) is 4. The molecule has 1 aliphatic rings. The van der Waals surface area contributed by atoms with Gasteiger partial charge in [-0.2, -0.15) is 4.98 Å². The molecule has 1 aliphatic carbocycles. The number of nitrogen functional groups attached to an aromatic ring is 1. The van der Waals surface area contributed by atoms with Gasteiger partial charge in [-0.3, -0.25) is 0 Å². The molecular formula is C15H27N5O. The molecule has 1 fully saturated rings. The van der Waals surface area contributed by atoms with Crippen molar-refractivity contribution in [1.82, 2.24) is 9.97 Å². The summed E-state index contributed by atoms with van der Waals surface area (Å²) in [6.45, 7) is 8.25. The molecule has 5 N–H and O–H groups in total. The van der Waals surface area contributed by atoms with Crippen molar-refractivity contribution >= 4 is 17.5 Å². The number of aliphatic hydroxyl groups is 1. The lowest BCUT2D eigenvalue weighted by Crippen LogP contribution is -2.35. The van der Waals surface area contributed by atoms with Crippen LogP contribution in [0.3, 0.4) is 0 Å². The molecule has 1 heterocycles. The van der Waals surface area contributed by atoms with Crippen molar-refractivity contribution in [3.8, 4) is 0 Å². The zero-order valence-electron chi connectivity index (χ0n) is 13.3. The van der Waals surface area contributed by atoms with Crippen LogP contribution >= 0.6 is 0 Å². The molecule has 3 atom stereocenters. The van der Waals surface area contributed by atoms with Gasteiger partial charge in [0.1, 0.15) is 0 Å². The summed E-state index contributed by atoms with van der Waals surface area (Å²) in [6, 6.07) is 0.205. The number of aliphatic hydroxyl groups excluding tert-OH is 1. The molecule has 1 aromatic heterocycles. The maximum atomic E-state index is 9.99. The monoisotopic (exact) mass is 293 g/mol. The van der Waals surface area contributed by atoms with Crippen LogP contribution in [0, 0.1) is 5.92 Å². The molecule has 0 saturated heterocycles. The maximum absolute atomic E-state index is 9.99. The minimum absolute atomic E-state index is 0.107. The molecule has 21 heavy (non-hydrogen) atoms. The van der Waals surface area contributed by atoms with Crippen LogP contribution < -0.4 is 16.4 Å². The number of nitrogens with two attached hydrogens (primary N) is 1. The average Bonchev–Trinajstić information content (AvgIpc) is 2.36. The van der Waals surface area contributed by atoms with Gasteiger partial charge in [-0.15, -0.1) is 0 Å². The first-order valence-electron chi connectivity index (χ1n) is 7.60. The molecule has 1 saturated carbocycles. The third kappa shape index (κ3) is 4.46. The molecule has 2 rings (SSSR count). The number of hydrogen-bond acceptors (Lipinski definition) is 6. The summed E-state index contributed by atoms with van der Waals surface area (Å²) < 4.78 is 0. The van der Waals surface area contributed by atoms with E-state index in [1.807, 2.05) is 0 Å². The highest BCUT2D eigenvalue weighted by molar-refractivity contribution is 5.62. The van der Waals surface area contributed by atoms with Gasteiger partial charge in [-0.1, -0.05) is 6.92 Å². The highest BCUT2D eigenvalue weighted by Gasteiger charge is 2.26. The zero-order valence-corrected chi connectivity index (χ0v) is 13.3. The maximum Gasteiger partial charge on any atom is 0.225 e. The molecule has 0 amide bonds. The van der Waals surface area contributed by atoms with E-state index in [4.69, 9.17) is 5.73 Å². The van der Waals surface area contributed by atoms with Crippen LogP contribution in [0.2, 0.25) is 0 Å². The SMILES string of the molecule is C[C@@H]1CC[C@@H](Nc2nc(NC(C)(C)C)ncc2N)C[C@H]1O. The fourth-order valence-corrected chi connectivity index (χ4v) is 2.52. The van der Waals surface area contributed by atoms with Gasteiger partial charge in [0.05, 0.1) is 18.0 Å². The van der Waals surface area contributed by atoms with Gasteiger partial charge < -0.3 is 21.5 Å². The van der Waals surface area contributed by atoms with Gasteiger partial charge in [0.25, 0.3) is 0 Å². The van der Waals surface area contributed by atoms with E-state index in [9.17, 15) is 5.11 Å². The Bertz CT molecular complexity index is 485. The Balaban J connectivity index is 2.07. The van der Waals surface area contributed by atoms with Crippen LogP contribution in [0.5, 0.6) is 0 Å². The van der Waals surface area contributed by atoms with E-state index in [-0.39, 0.29) is 17.7 Å². The molecule has 6 heteroatoms. The van der Waals surface area contributed by atoms with E-state index in [1.54, 1.807) is 6.20 Å². The Labute approximate surface area is 126 Å². The predicted octanol–water partition coefficient (Wildman–Crippen LogP) is 2.23. The summed E-state index contributed by atoms with van der Waals surface area (Å²) in [6.07, 6.45) is 4.12. The Hall–Kier alpha value is -1.56. The molecule has 0 radical (unpaired) electrons. The first kappa shape index (κ1) is 15.8. The van der Waals surface area contributed by atoms with Crippen molar-refractivity contribution in [3.63, 3.8) is 0 Å². The van der Waals surface area contributed by atoms with Crippen molar-refractivity contribution in [1.29, 1.82) is 0 Å². The van der Waals surface area contributed by atoms with Crippen LogP contribution in [-0.4, -0.2) is 32.8 Å². The molecule has 0 aromatic carbocycles. The Morgan fingerprint density at radius 1 is 1.33 bits per heavy atom. The van der Waals surface area contributed by atoms with Crippen LogP contribution in [0.4, 0.5) is 17.5 Å². The number of aromatic nitrogens is 2. The first-order chi connectivity index (χ1) is 9.74. The molecule has 0 bridgehead atoms. The van der Waals surface area contributed by atoms with Gasteiger partial charge in [-0.25, -0.2) is 4.98 Å². The molecule has 1 aromatic rings. The van der Waals surface area contributed by atoms with Gasteiger partial charge in [0.2, 0.25) is 5.95 Å². The van der Waals surface area contributed by atoms with Gasteiger partial charge in [0, 0.05) is 11.6 Å². The number of anilines is 3. The minimum Gasteiger partial charge on any atom is -0.394 e. The Morgan fingerprint density at radius 2 is 2.05 bits per heavy atom. The highest BCUT2D eigenvalue weighted by Crippen LogP contribution is 2.28. The third-order valence-electron chi connectivity index (χ3n) is 3.80. The lowest BCUT2D eigenvalue weighted by Gasteiger charge is -2.32. The van der Waals surface area contributed by atoms with Crippen molar-refractivity contribution in [2.75, 3.05) is 16.4 Å². The second kappa shape index (κ2) is 6.05. The summed E-state index contributed by atoms with van der Waals surface area (Å²) in [5, 5.41) is 16.6. The van der Waals surface area contributed by atoms with Gasteiger partial charge in [0.15, 0.2) is 5.82 Å². The van der Waals surface area contributed by atoms with Crippen LogP contribution in [0.1, 0.15) is 47.0 Å². The van der Waals surface area contributed by atoms with Crippen LogP contribution in [-0.2, 0) is 0 Å². The second-order valence-corrected chi connectivity index (χ2v) is 7.07. The van der Waals surface area contributed by atoms with Crippen molar-refractivity contribution in [2.24, 2.45) is 5.92 Å². The predicted molar refractivity (Wildman–Crippen MR) is 86.3 cm³/mol. The van der Waals surface area contributed by atoms with E-state index in [2.05, 4.69) is 48.3 Å². The summed E-state index contributed by atoms with van der Waals surface area (Å²) >= 11 is 0. The zero-order chi connectivity index (χ0) is 15.6. The Kier molecular flexibility index (Phi) is 4.56. The van der Waals surface area contributed by atoms with Gasteiger partial charge in [-0.05, 0) is 46.0 Å². The topological polar surface area (TPSA) is 96.1 Å². The molecule has 0 unspecified atom stereocenters. The third-order valence-corrected chi connectivity index (χ3v) is 3.80. The van der Waals surface area contributed by atoms with Gasteiger partial charge >= 0.3 is 0 Å². The second-order valence-electron chi connectivity index (χ2n) is 7.07. The quantitative estimate of drug-likeness (QED) is 0.682. The van der Waals surface area contributed by atoms with Crippen LogP contribution in [0.15, 0.2) is 6.20 Å². The Morgan fingerprint density at radius 3 is 2.67 bits per heavy atom. The minimum atomic E-state index is -0.258. The van der Waals surface area contributed by atoms with E-state index in [0.717, 1.165) is 19.3 Å². The van der Waals surface area contributed by atoms with Crippen molar-refractivity contribution < 1.29 is 5.11 Å². The fourth-order valence-electron chi connectivity index (χ4n) is 2.52. The highest BCUT2D eigenvalue weighted by atomic mass is 16.3. The lowest BCUT2D eigenvalue weighted by atomic mass is 9.85. The van der Waals surface area contributed by atoms with E-state index in [1.165, 1.54) is 0 Å². The summed E-state index contributed by atoms with van der Waals surface area (Å²) in [4.78, 5) is 8.66. The number of nitrogens with one attached hydrogen (secondary N) is 2. The number of nitrogens with zero attached hydrogens (tertiary/aromatic N) is 2. The molecule has 0 spiro atoms. The molecular weight excluding hydrogens is 266 g/mol. The van der Waals surface area contributed by atoms with Crippen molar-refractivity contribution in [2.45, 2.75) is 64.6 Å².